The molecule has 2 aliphatic rings. The molecule has 2 heterocycles. The van der Waals surface area contributed by atoms with E-state index in [4.69, 9.17) is 18.4 Å². The summed E-state index contributed by atoms with van der Waals surface area (Å²) in [5, 5.41) is 3.93. The number of rotatable bonds is 3. The third-order valence-corrected chi connectivity index (χ3v) is 5.33. The number of fused-ring (bicyclic) bond motifs is 2. The third kappa shape index (κ3) is 3.54. The molecule has 0 spiro atoms. The minimum Gasteiger partial charge on any atom is -0.443 e. The van der Waals surface area contributed by atoms with Crippen molar-refractivity contribution in [1.29, 1.82) is 0 Å². The van der Waals surface area contributed by atoms with Gasteiger partial charge in [-0.2, -0.15) is 0 Å². The van der Waals surface area contributed by atoms with E-state index in [2.05, 4.69) is 5.32 Å². The predicted molar refractivity (Wildman–Crippen MR) is 118 cm³/mol. The summed E-state index contributed by atoms with van der Waals surface area (Å²) in [4.78, 5) is 26.3. The number of nitrogens with one attached hydrogen (secondary N) is 1. The Hall–Kier alpha value is -2.60. The van der Waals surface area contributed by atoms with Gasteiger partial charge in [0, 0.05) is 50.9 Å². The van der Waals surface area contributed by atoms with Crippen LogP contribution in [-0.2, 0) is 16.0 Å². The maximum atomic E-state index is 13.7. The molecule has 1 aromatic heterocycles. The highest BCUT2D eigenvalue weighted by atomic mass is 16.6. The van der Waals surface area contributed by atoms with Crippen LogP contribution in [0.2, 0.25) is 0 Å². The Morgan fingerprint density at radius 3 is 2.80 bits per heavy atom. The van der Waals surface area contributed by atoms with Crippen molar-refractivity contribution in [1.82, 2.24) is 14.8 Å². The Morgan fingerprint density at radius 2 is 2.10 bits per heavy atom. The van der Waals surface area contributed by atoms with E-state index in [9.17, 15) is 9.59 Å². The second-order valence-corrected chi connectivity index (χ2v) is 8.50. The number of carbonyl (C=O) groups excluding carboxylic acids is 2. The van der Waals surface area contributed by atoms with E-state index >= 15 is 0 Å². The summed E-state index contributed by atoms with van der Waals surface area (Å²) in [6.07, 6.45) is 3.08. The molecule has 1 aliphatic heterocycles. The van der Waals surface area contributed by atoms with Gasteiger partial charge in [-0.25, -0.2) is 4.79 Å². The van der Waals surface area contributed by atoms with Gasteiger partial charge in [-0.15, -0.1) is 0 Å². The average Bonchev–Trinajstić information content (AvgIpc) is 3.16. The summed E-state index contributed by atoms with van der Waals surface area (Å²) in [5.74, 6) is -2.59. The normalized spacial score (nSPS) is 27.2. The molecule has 1 N–H and O–H groups in total. The van der Waals surface area contributed by atoms with Crippen molar-refractivity contribution < 1.29 is 28.0 Å². The Kier molecular flexibility index (Phi) is 2.96. The molecule has 160 valence electrons. The highest BCUT2D eigenvalue weighted by Gasteiger charge is 2.34. The molecule has 6 heteroatoms. The first-order valence-corrected chi connectivity index (χ1v) is 9.74. The number of amides is 1. The molecule has 1 aliphatic carbocycles. The Morgan fingerprint density at radius 1 is 1.33 bits per heavy atom. The van der Waals surface area contributed by atoms with E-state index in [1.165, 1.54) is 10.6 Å². The van der Waals surface area contributed by atoms with Gasteiger partial charge in [0.25, 0.3) is 0 Å². The van der Waals surface area contributed by atoms with E-state index in [1.54, 1.807) is 45.2 Å². The average molecular weight is 420 g/mol. The molecule has 0 radical (unpaired) electrons. The molecule has 0 unspecified atom stereocenters. The van der Waals surface area contributed by atoms with Gasteiger partial charge in [-0.3, -0.25) is 9.36 Å². The van der Waals surface area contributed by atoms with Crippen molar-refractivity contribution in [3.63, 3.8) is 0 Å². The predicted octanol–water partition coefficient (Wildman–Crippen LogP) is 3.82. The monoisotopic (exact) mass is 419 g/mol. The Labute approximate surface area is 191 Å². The van der Waals surface area contributed by atoms with Gasteiger partial charge in [0.2, 0.25) is 5.91 Å². The molecule has 0 saturated heterocycles. The summed E-state index contributed by atoms with van der Waals surface area (Å²) in [5.41, 5.74) is 2.01. The Balaban J connectivity index is 1.80. The van der Waals surface area contributed by atoms with E-state index in [0.29, 0.717) is 23.1 Å². The van der Waals surface area contributed by atoms with Gasteiger partial charge in [0.05, 0.1) is 11.4 Å². The van der Waals surface area contributed by atoms with Gasteiger partial charge in [-0.05, 0) is 63.7 Å². The SMILES string of the molecule is [2H]C([2H])([2H])C([2H])([2H])N(C(=O)[C@@H]1C=C2c3cccc4c3c(cn4C(=O)OC(C)(C)C)C[C@H]2NC1)C([2H])([2H])C([2H])([2H])[2H]. The lowest BCUT2D eigenvalue weighted by Gasteiger charge is -2.34. The van der Waals surface area contributed by atoms with Crippen LogP contribution in [0.15, 0.2) is 30.5 Å². The first kappa shape index (κ1) is 11.7. The summed E-state index contributed by atoms with van der Waals surface area (Å²) in [6, 6.07) is 4.95. The van der Waals surface area contributed by atoms with Gasteiger partial charge < -0.3 is 15.0 Å². The lowest BCUT2D eigenvalue weighted by atomic mass is 9.80. The zero-order valence-electron chi connectivity index (χ0n) is 27.1. The van der Waals surface area contributed by atoms with Gasteiger partial charge >= 0.3 is 6.09 Å². The lowest BCUT2D eigenvalue weighted by molar-refractivity contribution is -0.133. The van der Waals surface area contributed by atoms with Gasteiger partial charge in [0.15, 0.2) is 0 Å². The van der Waals surface area contributed by atoms with Crippen molar-refractivity contribution in [2.24, 2.45) is 5.92 Å². The Bertz CT molecular complexity index is 1360. The van der Waals surface area contributed by atoms with Crippen LogP contribution in [0.5, 0.6) is 0 Å². The number of ether oxygens (including phenoxy) is 1. The molecule has 0 saturated carbocycles. The first-order valence-electron chi connectivity index (χ1n) is 14.7. The quantitative estimate of drug-likeness (QED) is 0.821. The second kappa shape index (κ2) is 7.58. The molecular formula is C24H31N3O3. The molecule has 0 fully saturated rings. The highest BCUT2D eigenvalue weighted by Crippen LogP contribution is 2.39. The number of nitrogens with zero attached hydrogens (tertiary/aromatic N) is 2. The topological polar surface area (TPSA) is 63.6 Å². The number of benzene rings is 1. The van der Waals surface area contributed by atoms with E-state index < -0.39 is 50.2 Å². The van der Waals surface area contributed by atoms with Crippen LogP contribution in [0.1, 0.15) is 59.3 Å². The summed E-state index contributed by atoms with van der Waals surface area (Å²) >= 11 is 0. The van der Waals surface area contributed by atoms with Crippen molar-refractivity contribution in [3.8, 4) is 0 Å². The van der Waals surface area contributed by atoms with E-state index in [0.717, 1.165) is 10.9 Å². The second-order valence-electron chi connectivity index (χ2n) is 8.50. The number of carbonyl (C=O) groups is 2. The minimum absolute atomic E-state index is 0.115. The zero-order chi connectivity index (χ0) is 30.2. The van der Waals surface area contributed by atoms with E-state index in [-0.39, 0.29) is 17.5 Å². The molecule has 6 nitrogen and oxygen atoms in total. The van der Waals surface area contributed by atoms with Gasteiger partial charge in [-0.1, -0.05) is 18.2 Å². The van der Waals surface area contributed by atoms with Crippen LogP contribution in [-0.4, -0.2) is 52.6 Å². The fourth-order valence-corrected chi connectivity index (χ4v) is 4.14. The fourth-order valence-electron chi connectivity index (χ4n) is 4.14. The minimum atomic E-state index is -3.62. The van der Waals surface area contributed by atoms with Crippen molar-refractivity contribution >= 4 is 28.5 Å². The summed E-state index contributed by atoms with van der Waals surface area (Å²) in [6.45, 7) is -9.15. The number of hydrogen-bond donors (Lipinski definition) is 1. The summed E-state index contributed by atoms with van der Waals surface area (Å²) < 4.78 is 85.0. The number of aromatic nitrogens is 1. The zero-order valence-corrected chi connectivity index (χ0v) is 17.1. The van der Waals surface area contributed by atoms with Crippen LogP contribution in [0.3, 0.4) is 0 Å². The molecule has 4 rings (SSSR count). The van der Waals surface area contributed by atoms with Crippen LogP contribution in [0.4, 0.5) is 4.79 Å². The molecule has 0 bridgehead atoms. The van der Waals surface area contributed by atoms with E-state index in [1.807, 2.05) is 0 Å². The molecule has 1 amide bonds. The summed E-state index contributed by atoms with van der Waals surface area (Å²) in [7, 11) is 0. The van der Waals surface area contributed by atoms with Crippen molar-refractivity contribution in [3.05, 3.63) is 41.6 Å². The van der Waals surface area contributed by atoms with Crippen molar-refractivity contribution in [2.75, 3.05) is 19.5 Å². The van der Waals surface area contributed by atoms with Crippen LogP contribution < -0.4 is 5.32 Å². The van der Waals surface area contributed by atoms with Crippen LogP contribution in [0, 0.1) is 5.92 Å². The molecule has 2 aromatic rings. The highest BCUT2D eigenvalue weighted by molar-refractivity contribution is 6.02. The number of hydrogen-bond acceptors (Lipinski definition) is 4. The van der Waals surface area contributed by atoms with Crippen molar-refractivity contribution in [2.45, 2.75) is 52.5 Å². The molecular weight excluding hydrogens is 378 g/mol. The van der Waals surface area contributed by atoms with Crippen LogP contribution >= 0.6 is 0 Å². The largest absolute Gasteiger partial charge is 0.443 e. The standard InChI is InChI=1S/C24H31N3O3/c1-6-26(7-2)22(28)15-11-18-17-9-8-10-20-21(17)16(12-19(18)25-13-15)14-27(20)23(29)30-24(3,4)5/h8-11,14-15,19,25H,6-7,12-13H2,1-5H3/t15-,19-/m1/s1/i1D3,2D3,6D2,7D2. The first-order chi connectivity index (χ1) is 18.1. The fraction of sp³-hybridized carbons (Fsp3) is 0.500. The molecule has 30 heavy (non-hydrogen) atoms. The van der Waals surface area contributed by atoms with Crippen LogP contribution in [0.25, 0.3) is 16.5 Å². The maximum Gasteiger partial charge on any atom is 0.419 e. The maximum absolute atomic E-state index is 13.7. The molecule has 1 aromatic carbocycles. The lowest BCUT2D eigenvalue weighted by Crippen LogP contribution is -2.46. The smallest absolute Gasteiger partial charge is 0.419 e. The third-order valence-electron chi connectivity index (χ3n) is 5.33. The molecule has 2 atom stereocenters. The van der Waals surface area contributed by atoms with Gasteiger partial charge in [0.1, 0.15) is 5.60 Å².